The molecule has 1 aromatic carbocycles. The van der Waals surface area contributed by atoms with E-state index in [4.69, 9.17) is 11.6 Å². The predicted molar refractivity (Wildman–Crippen MR) is 71.9 cm³/mol. The number of aliphatic hydroxyl groups is 1. The molecule has 0 saturated heterocycles. The van der Waals surface area contributed by atoms with Crippen molar-refractivity contribution in [1.82, 2.24) is 0 Å². The summed E-state index contributed by atoms with van der Waals surface area (Å²) in [5.41, 5.74) is 0.303. The average Bonchev–Trinajstić information content (AvgIpc) is 2.37. The van der Waals surface area contributed by atoms with Gasteiger partial charge in [-0.2, -0.15) is 0 Å². The normalized spacial score (nSPS) is 11.7. The largest absolute Gasteiger partial charge is 0.510 e. The molecule has 1 aromatic rings. The Bertz CT molecular complexity index is 499. The molecule has 0 aromatic heterocycles. The second-order valence-electron chi connectivity index (χ2n) is 3.74. The number of benzene rings is 1. The maximum atomic E-state index is 11.3. The fourth-order valence-corrected chi connectivity index (χ4v) is 1.69. The van der Waals surface area contributed by atoms with E-state index in [9.17, 15) is 14.8 Å². The first-order valence-electron chi connectivity index (χ1n) is 5.75. The van der Waals surface area contributed by atoms with Gasteiger partial charge in [-0.3, -0.25) is 0 Å². The number of nitrogens with zero attached hydrogens (tertiary/aromatic N) is 1. The van der Waals surface area contributed by atoms with Crippen LogP contribution in [-0.4, -0.2) is 17.7 Å². The Balaban J connectivity index is 2.73. The summed E-state index contributed by atoms with van der Waals surface area (Å²) in [5, 5.41) is 12.8. The summed E-state index contributed by atoms with van der Waals surface area (Å²) in [6.07, 6.45) is 0.547. The Morgan fingerprint density at radius 1 is 1.47 bits per heavy atom. The molecular weight excluding hydrogens is 270 g/mol. The van der Waals surface area contributed by atoms with E-state index in [1.54, 1.807) is 25.1 Å². The molecule has 5 nitrogen and oxygen atoms in total. The van der Waals surface area contributed by atoms with Crippen molar-refractivity contribution >= 4 is 17.6 Å². The molecule has 0 spiro atoms. The smallest absolute Gasteiger partial charge is 0.364 e. The molecule has 6 heteroatoms. The Hall–Kier alpha value is -1.88. The van der Waals surface area contributed by atoms with E-state index in [0.717, 1.165) is 5.56 Å². The number of hydrogen-bond acceptors (Lipinski definition) is 5. The lowest BCUT2D eigenvalue weighted by Crippen LogP contribution is -2.09. The Morgan fingerprint density at radius 2 is 2.21 bits per heavy atom. The maximum Gasteiger partial charge on any atom is 0.364 e. The number of halogens is 1. The van der Waals surface area contributed by atoms with Crippen molar-refractivity contribution < 1.29 is 14.6 Å². The van der Waals surface area contributed by atoms with Gasteiger partial charge in [0.05, 0.1) is 6.61 Å². The van der Waals surface area contributed by atoms with Crippen molar-refractivity contribution in [3.8, 4) is 0 Å². The Morgan fingerprint density at radius 3 is 2.79 bits per heavy atom. The minimum absolute atomic E-state index is 0.111. The van der Waals surface area contributed by atoms with E-state index in [-0.39, 0.29) is 18.8 Å². The van der Waals surface area contributed by atoms with Crippen LogP contribution in [0.25, 0.3) is 0 Å². The third-order valence-corrected chi connectivity index (χ3v) is 2.61. The first-order valence-corrected chi connectivity index (χ1v) is 6.13. The van der Waals surface area contributed by atoms with Gasteiger partial charge >= 0.3 is 5.97 Å². The number of carbonyl (C=O) groups excluding carboxylic acids is 1. The number of aliphatic hydroxyl groups excluding tert-OH is 1. The summed E-state index contributed by atoms with van der Waals surface area (Å²) >= 11 is 5.82. The van der Waals surface area contributed by atoms with Crippen molar-refractivity contribution in [3.63, 3.8) is 0 Å². The Kier molecular flexibility index (Phi) is 6.02. The van der Waals surface area contributed by atoms with Crippen LogP contribution in [0.15, 0.2) is 40.9 Å². The van der Waals surface area contributed by atoms with Crippen molar-refractivity contribution in [3.05, 3.63) is 51.2 Å². The van der Waals surface area contributed by atoms with E-state index in [1.807, 2.05) is 6.07 Å². The highest BCUT2D eigenvalue weighted by molar-refractivity contribution is 6.30. The van der Waals surface area contributed by atoms with E-state index in [1.165, 1.54) is 0 Å². The molecule has 19 heavy (non-hydrogen) atoms. The van der Waals surface area contributed by atoms with Gasteiger partial charge in [0.1, 0.15) is 5.76 Å². The van der Waals surface area contributed by atoms with Crippen molar-refractivity contribution in [2.24, 2.45) is 5.18 Å². The molecule has 0 aliphatic rings. The number of hydrogen-bond donors (Lipinski definition) is 1. The van der Waals surface area contributed by atoms with Crippen LogP contribution < -0.4 is 0 Å². The van der Waals surface area contributed by atoms with Crippen LogP contribution >= 0.6 is 11.6 Å². The SMILES string of the molecule is CCOC(=O)C(N=O)=C(O)CCc1cccc(Cl)c1. The van der Waals surface area contributed by atoms with E-state index in [0.29, 0.717) is 11.4 Å². The standard InChI is InChI=1S/C13H14ClNO4/c1-2-19-13(17)12(15-18)11(16)7-6-9-4-3-5-10(14)8-9/h3-5,8,16H,2,6-7H2,1H3. The molecule has 1 N–H and O–H groups in total. The summed E-state index contributed by atoms with van der Waals surface area (Å²) in [4.78, 5) is 21.9. The summed E-state index contributed by atoms with van der Waals surface area (Å²) in [6, 6.07) is 7.09. The van der Waals surface area contributed by atoms with Gasteiger partial charge in [-0.1, -0.05) is 23.7 Å². The van der Waals surface area contributed by atoms with Gasteiger partial charge in [-0.15, -0.1) is 4.91 Å². The molecule has 102 valence electrons. The third-order valence-electron chi connectivity index (χ3n) is 2.37. The zero-order chi connectivity index (χ0) is 14.3. The number of allylic oxidation sites excluding steroid dienone is 1. The van der Waals surface area contributed by atoms with Gasteiger partial charge in [-0.05, 0) is 36.2 Å². The molecule has 0 bridgehead atoms. The number of carbonyl (C=O) groups is 1. The third kappa shape index (κ3) is 4.71. The van der Waals surface area contributed by atoms with E-state index < -0.39 is 11.7 Å². The molecule has 0 amide bonds. The first-order chi connectivity index (χ1) is 9.08. The van der Waals surface area contributed by atoms with E-state index >= 15 is 0 Å². The van der Waals surface area contributed by atoms with Gasteiger partial charge < -0.3 is 9.84 Å². The molecule has 0 radical (unpaired) electrons. The molecule has 0 heterocycles. The highest BCUT2D eigenvalue weighted by atomic mass is 35.5. The second-order valence-corrected chi connectivity index (χ2v) is 4.17. The minimum atomic E-state index is -0.916. The maximum absolute atomic E-state index is 11.3. The Labute approximate surface area is 115 Å². The van der Waals surface area contributed by atoms with Gasteiger partial charge in [0.15, 0.2) is 0 Å². The van der Waals surface area contributed by atoms with Crippen LogP contribution in [0, 0.1) is 4.91 Å². The van der Waals surface area contributed by atoms with Crippen molar-refractivity contribution in [2.45, 2.75) is 19.8 Å². The summed E-state index contributed by atoms with van der Waals surface area (Å²) in [5.74, 6) is -1.30. The molecule has 0 unspecified atom stereocenters. The van der Waals surface area contributed by atoms with Crippen LogP contribution in [0.4, 0.5) is 0 Å². The van der Waals surface area contributed by atoms with Gasteiger partial charge in [-0.25, -0.2) is 4.79 Å². The number of esters is 1. The number of rotatable bonds is 6. The molecule has 0 atom stereocenters. The zero-order valence-corrected chi connectivity index (χ0v) is 11.2. The fraction of sp³-hybridized carbons (Fsp3) is 0.308. The molecule has 0 saturated carbocycles. The van der Waals surface area contributed by atoms with Crippen LogP contribution in [-0.2, 0) is 16.0 Å². The van der Waals surface area contributed by atoms with Gasteiger partial charge in [0.25, 0.3) is 0 Å². The molecule has 1 rings (SSSR count). The summed E-state index contributed by atoms with van der Waals surface area (Å²) < 4.78 is 4.62. The number of aryl methyl sites for hydroxylation is 1. The lowest BCUT2D eigenvalue weighted by atomic mass is 10.1. The number of ether oxygens (including phenoxy) is 1. The number of nitroso groups, excluding NO2 is 1. The van der Waals surface area contributed by atoms with Gasteiger partial charge in [0, 0.05) is 11.4 Å². The quantitative estimate of drug-likeness (QED) is 0.376. The molecular formula is C13H14ClNO4. The van der Waals surface area contributed by atoms with Gasteiger partial charge in [0.2, 0.25) is 5.70 Å². The topological polar surface area (TPSA) is 76.0 Å². The van der Waals surface area contributed by atoms with E-state index in [2.05, 4.69) is 9.91 Å². The average molecular weight is 284 g/mol. The molecule has 0 aliphatic heterocycles. The van der Waals surface area contributed by atoms with Crippen molar-refractivity contribution in [2.75, 3.05) is 6.61 Å². The van der Waals surface area contributed by atoms with Crippen LogP contribution in [0.1, 0.15) is 18.9 Å². The highest BCUT2D eigenvalue weighted by Gasteiger charge is 2.17. The first kappa shape index (κ1) is 15.2. The van der Waals surface area contributed by atoms with Crippen LogP contribution in [0.2, 0.25) is 5.02 Å². The summed E-state index contributed by atoms with van der Waals surface area (Å²) in [6.45, 7) is 1.71. The lowest BCUT2D eigenvalue weighted by molar-refractivity contribution is -0.138. The second kappa shape index (κ2) is 7.53. The zero-order valence-electron chi connectivity index (χ0n) is 10.4. The fourth-order valence-electron chi connectivity index (χ4n) is 1.48. The minimum Gasteiger partial charge on any atom is -0.510 e. The monoisotopic (exact) mass is 283 g/mol. The molecule has 0 fully saturated rings. The molecule has 0 aliphatic carbocycles. The van der Waals surface area contributed by atoms with Crippen LogP contribution in [0.5, 0.6) is 0 Å². The summed E-state index contributed by atoms with van der Waals surface area (Å²) in [7, 11) is 0. The predicted octanol–water partition coefficient (Wildman–Crippen LogP) is 3.37. The lowest BCUT2D eigenvalue weighted by Gasteiger charge is -2.04. The highest BCUT2D eigenvalue weighted by Crippen LogP contribution is 2.16. The van der Waals surface area contributed by atoms with Crippen molar-refractivity contribution in [1.29, 1.82) is 0 Å². The van der Waals surface area contributed by atoms with Crippen LogP contribution in [0.3, 0.4) is 0 Å².